The zero-order valence-electron chi connectivity index (χ0n) is 22.1. The first kappa shape index (κ1) is 26.4. The third-order valence-electron chi connectivity index (χ3n) is 7.28. The number of hydrogen-bond acceptors (Lipinski definition) is 5. The van der Waals surface area contributed by atoms with Crippen LogP contribution < -0.4 is 10.6 Å². The Kier molecular flexibility index (Phi) is 7.68. The average molecular weight is 508 g/mol. The number of rotatable bonds is 7. The molecule has 0 spiro atoms. The second-order valence-corrected chi connectivity index (χ2v) is 10.6. The van der Waals surface area contributed by atoms with Crippen molar-refractivity contribution in [3.05, 3.63) is 59.8 Å². The van der Waals surface area contributed by atoms with E-state index in [2.05, 4.69) is 27.4 Å². The molecule has 1 aromatic carbocycles. The maximum Gasteiger partial charge on any atom is 0.319 e. The van der Waals surface area contributed by atoms with Crippen LogP contribution in [0.25, 0.3) is 0 Å². The highest BCUT2D eigenvalue weighted by Crippen LogP contribution is 2.40. The van der Waals surface area contributed by atoms with Crippen molar-refractivity contribution in [2.75, 3.05) is 39.0 Å². The molecule has 2 atom stereocenters. The third kappa shape index (κ3) is 5.53. The first-order valence-electron chi connectivity index (χ1n) is 12.7. The van der Waals surface area contributed by atoms with Crippen LogP contribution in [0.1, 0.15) is 49.6 Å². The minimum atomic E-state index is -0.646. The molecule has 1 saturated heterocycles. The van der Waals surface area contributed by atoms with E-state index in [9.17, 15) is 14.4 Å². The van der Waals surface area contributed by atoms with E-state index in [1.54, 1.807) is 9.80 Å². The van der Waals surface area contributed by atoms with Crippen molar-refractivity contribution in [3.8, 4) is 0 Å². The molecule has 1 fully saturated rings. The van der Waals surface area contributed by atoms with Gasteiger partial charge in [-0.15, -0.1) is 0 Å². The van der Waals surface area contributed by atoms with Gasteiger partial charge < -0.3 is 25.3 Å². The van der Waals surface area contributed by atoms with E-state index < -0.39 is 5.54 Å². The van der Waals surface area contributed by atoms with Crippen molar-refractivity contribution < 1.29 is 14.4 Å². The number of hydrogen-bond donors (Lipinski definition) is 3. The second-order valence-electron chi connectivity index (χ2n) is 10.6. The number of carbonyl (C=O) groups is 3. The molecule has 1 unspecified atom stereocenters. The standard InChI is InChI=1S/C27H37N7O3/c1-6-22(35)33-14-10-13-19(15-33)25(36)29-24-20-16-34(27(2,3)23(20)30-31-24)26(37)28-21(17-32(4)5)18-11-8-7-9-12-18/h6-9,11-12,19,21H,1,10,13-17H2,2-5H3,(H,28,37)(H2,29,30,31,36)/t19?,21-/m1/s1. The van der Waals surface area contributed by atoms with Crippen molar-refractivity contribution in [1.82, 2.24) is 30.2 Å². The molecule has 4 rings (SSSR count). The highest BCUT2D eigenvalue weighted by Gasteiger charge is 2.44. The number of benzene rings is 1. The Balaban J connectivity index is 1.47. The van der Waals surface area contributed by atoms with Gasteiger partial charge in [-0.3, -0.25) is 14.7 Å². The maximum atomic E-state index is 13.5. The highest BCUT2D eigenvalue weighted by atomic mass is 16.2. The van der Waals surface area contributed by atoms with Crippen LogP contribution in [0.5, 0.6) is 0 Å². The van der Waals surface area contributed by atoms with E-state index in [4.69, 9.17) is 0 Å². The number of nitrogens with zero attached hydrogens (tertiary/aromatic N) is 4. The number of amides is 4. The van der Waals surface area contributed by atoms with Crippen LogP contribution in [-0.2, 0) is 21.7 Å². The molecule has 3 heterocycles. The van der Waals surface area contributed by atoms with Crippen LogP contribution in [-0.4, -0.2) is 76.5 Å². The van der Waals surface area contributed by atoms with Gasteiger partial charge in [0, 0.05) is 25.2 Å². The number of piperidine rings is 1. The van der Waals surface area contributed by atoms with Gasteiger partial charge in [-0.2, -0.15) is 5.10 Å². The summed E-state index contributed by atoms with van der Waals surface area (Å²) in [6, 6.07) is 9.55. The minimum Gasteiger partial charge on any atom is -0.338 e. The molecular formula is C27H37N7O3. The summed E-state index contributed by atoms with van der Waals surface area (Å²) >= 11 is 0. The van der Waals surface area contributed by atoms with Gasteiger partial charge in [0.2, 0.25) is 11.8 Å². The molecule has 2 aliphatic rings. The van der Waals surface area contributed by atoms with Gasteiger partial charge in [0.1, 0.15) is 0 Å². The van der Waals surface area contributed by atoms with Gasteiger partial charge in [-0.1, -0.05) is 36.9 Å². The highest BCUT2D eigenvalue weighted by molar-refractivity contribution is 5.94. The summed E-state index contributed by atoms with van der Waals surface area (Å²) in [6.45, 7) is 9.43. The number of urea groups is 1. The van der Waals surface area contributed by atoms with Gasteiger partial charge in [-0.25, -0.2) is 4.79 Å². The van der Waals surface area contributed by atoms with E-state index in [1.165, 1.54) is 6.08 Å². The van der Waals surface area contributed by atoms with Gasteiger partial charge in [0.15, 0.2) is 5.82 Å². The molecule has 0 radical (unpaired) electrons. The molecular weight excluding hydrogens is 470 g/mol. The summed E-state index contributed by atoms with van der Waals surface area (Å²) in [5, 5.41) is 13.6. The van der Waals surface area contributed by atoms with Crippen LogP contribution in [0.2, 0.25) is 0 Å². The van der Waals surface area contributed by atoms with Crippen molar-refractivity contribution in [2.45, 2.75) is 44.8 Å². The lowest BCUT2D eigenvalue weighted by atomic mass is 9.97. The molecule has 1 aromatic heterocycles. The summed E-state index contributed by atoms with van der Waals surface area (Å²) in [5.74, 6) is -0.226. The summed E-state index contributed by atoms with van der Waals surface area (Å²) in [6.07, 6.45) is 2.74. The SMILES string of the molecule is C=CC(=O)N1CCCC(C(=O)Nc2n[nH]c3c2CN(C(=O)N[C@H](CN(C)C)c2ccccc2)C3(C)C)C1. The van der Waals surface area contributed by atoms with Crippen molar-refractivity contribution in [2.24, 2.45) is 5.92 Å². The smallest absolute Gasteiger partial charge is 0.319 e. The lowest BCUT2D eigenvalue weighted by Gasteiger charge is -2.34. The fourth-order valence-electron chi connectivity index (χ4n) is 5.20. The molecule has 2 aromatic rings. The topological polar surface area (TPSA) is 114 Å². The normalized spacial score (nSPS) is 19.3. The molecule has 10 nitrogen and oxygen atoms in total. The van der Waals surface area contributed by atoms with Crippen LogP contribution >= 0.6 is 0 Å². The number of H-pyrrole nitrogens is 1. The molecule has 0 aliphatic carbocycles. The van der Waals surface area contributed by atoms with Crippen molar-refractivity contribution in [1.29, 1.82) is 0 Å². The zero-order chi connectivity index (χ0) is 26.7. The lowest BCUT2D eigenvalue weighted by molar-refractivity contribution is -0.130. The average Bonchev–Trinajstić information content (AvgIpc) is 3.41. The number of aromatic nitrogens is 2. The predicted molar refractivity (Wildman–Crippen MR) is 142 cm³/mol. The van der Waals surface area contributed by atoms with Crippen LogP contribution in [0.4, 0.5) is 10.6 Å². The quantitative estimate of drug-likeness (QED) is 0.499. The first-order chi connectivity index (χ1) is 17.6. The number of aromatic amines is 1. The molecule has 3 N–H and O–H groups in total. The van der Waals surface area contributed by atoms with E-state index >= 15 is 0 Å². The molecule has 0 bridgehead atoms. The fourth-order valence-corrected chi connectivity index (χ4v) is 5.20. The van der Waals surface area contributed by atoms with Crippen molar-refractivity contribution in [3.63, 3.8) is 0 Å². The Morgan fingerprint density at radius 3 is 2.68 bits per heavy atom. The molecule has 2 aliphatic heterocycles. The third-order valence-corrected chi connectivity index (χ3v) is 7.28. The molecule has 0 saturated carbocycles. The fraction of sp³-hybridized carbons (Fsp3) is 0.481. The Hall–Kier alpha value is -3.66. The molecule has 198 valence electrons. The number of nitrogens with one attached hydrogen (secondary N) is 3. The minimum absolute atomic E-state index is 0.162. The predicted octanol–water partition coefficient (Wildman–Crippen LogP) is 2.84. The summed E-state index contributed by atoms with van der Waals surface area (Å²) in [5.41, 5.74) is 1.99. The van der Waals surface area contributed by atoms with E-state index in [-0.39, 0.29) is 29.8 Å². The summed E-state index contributed by atoms with van der Waals surface area (Å²) < 4.78 is 0. The maximum absolute atomic E-state index is 13.5. The number of carbonyl (C=O) groups excluding carboxylic acids is 3. The van der Waals surface area contributed by atoms with Crippen LogP contribution in [0.15, 0.2) is 43.0 Å². The molecule has 37 heavy (non-hydrogen) atoms. The number of fused-ring (bicyclic) bond motifs is 1. The number of likely N-dealkylation sites (tertiary alicyclic amines) is 1. The second kappa shape index (κ2) is 10.8. The zero-order valence-corrected chi connectivity index (χ0v) is 22.1. The largest absolute Gasteiger partial charge is 0.338 e. The van der Waals surface area contributed by atoms with E-state index in [0.717, 1.165) is 23.2 Å². The van der Waals surface area contributed by atoms with Gasteiger partial charge in [0.25, 0.3) is 0 Å². The summed E-state index contributed by atoms with van der Waals surface area (Å²) in [7, 11) is 3.96. The van der Waals surface area contributed by atoms with Crippen LogP contribution in [0, 0.1) is 5.92 Å². The van der Waals surface area contributed by atoms with Crippen LogP contribution in [0.3, 0.4) is 0 Å². The lowest BCUT2D eigenvalue weighted by Crippen LogP contribution is -2.48. The van der Waals surface area contributed by atoms with Gasteiger partial charge in [-0.05, 0) is 52.4 Å². The van der Waals surface area contributed by atoms with E-state index in [0.29, 0.717) is 38.4 Å². The van der Waals surface area contributed by atoms with Gasteiger partial charge in [0.05, 0.1) is 29.7 Å². The Labute approximate surface area is 218 Å². The van der Waals surface area contributed by atoms with E-state index in [1.807, 2.05) is 63.2 Å². The summed E-state index contributed by atoms with van der Waals surface area (Å²) in [4.78, 5) is 44.1. The Morgan fingerprint density at radius 2 is 2.00 bits per heavy atom. The first-order valence-corrected chi connectivity index (χ1v) is 12.7. The van der Waals surface area contributed by atoms with Crippen molar-refractivity contribution >= 4 is 23.7 Å². The van der Waals surface area contributed by atoms with Gasteiger partial charge >= 0.3 is 6.03 Å². The monoisotopic (exact) mass is 507 g/mol. The number of anilines is 1. The Bertz CT molecular complexity index is 1160. The molecule has 4 amide bonds. The Morgan fingerprint density at radius 1 is 1.27 bits per heavy atom. The molecule has 10 heteroatoms. The number of likely N-dealkylation sites (N-methyl/N-ethyl adjacent to an activating group) is 1.